The molecule has 1 aliphatic rings. The highest BCUT2D eigenvalue weighted by Gasteiger charge is 2.12. The van der Waals surface area contributed by atoms with E-state index in [0.29, 0.717) is 6.04 Å². The van der Waals surface area contributed by atoms with Crippen molar-refractivity contribution in [3.63, 3.8) is 0 Å². The minimum atomic E-state index is 0.688. The monoisotopic (exact) mass is 152 g/mol. The Bertz CT molecular complexity index is 131. The number of rotatable bonds is 4. The summed E-state index contributed by atoms with van der Waals surface area (Å²) in [5.41, 5.74) is 0. The fourth-order valence-electron chi connectivity index (χ4n) is 1.37. The van der Waals surface area contributed by atoms with Crippen LogP contribution in [0.5, 0.6) is 0 Å². The Hall–Kier alpha value is -0.520. The first kappa shape index (κ1) is 8.58. The fourth-order valence-corrected chi connectivity index (χ4v) is 1.37. The van der Waals surface area contributed by atoms with Crippen LogP contribution in [0, 0.1) is 12.3 Å². The van der Waals surface area contributed by atoms with E-state index in [2.05, 4.69) is 16.6 Å². The van der Waals surface area contributed by atoms with E-state index in [1.807, 2.05) is 0 Å². The molecule has 0 amide bonds. The maximum absolute atomic E-state index is 5.12. The summed E-state index contributed by atoms with van der Waals surface area (Å²) >= 11 is 0. The number of nitrogens with one attached hydrogen (secondary N) is 2. The van der Waals surface area contributed by atoms with Gasteiger partial charge in [-0.05, 0) is 19.4 Å². The molecule has 0 aromatic heterocycles. The summed E-state index contributed by atoms with van der Waals surface area (Å²) in [6, 6.07) is 0.688. The maximum atomic E-state index is 5.12. The number of hydrogen-bond acceptors (Lipinski definition) is 2. The SMILES string of the molecule is C#CCCNCC1CCCN1. The third-order valence-corrected chi connectivity index (χ3v) is 2.00. The molecule has 0 aliphatic carbocycles. The lowest BCUT2D eigenvalue weighted by atomic mass is 10.2. The summed E-state index contributed by atoms with van der Waals surface area (Å²) in [5, 5.41) is 6.74. The molecule has 0 spiro atoms. The van der Waals surface area contributed by atoms with Crippen molar-refractivity contribution < 1.29 is 0 Å². The van der Waals surface area contributed by atoms with Gasteiger partial charge in [0.2, 0.25) is 0 Å². The van der Waals surface area contributed by atoms with Crippen molar-refractivity contribution in [1.29, 1.82) is 0 Å². The Morgan fingerprint density at radius 3 is 3.18 bits per heavy atom. The third kappa shape index (κ3) is 3.41. The lowest BCUT2D eigenvalue weighted by Crippen LogP contribution is -2.34. The van der Waals surface area contributed by atoms with Crippen LogP contribution in [0.15, 0.2) is 0 Å². The molecular weight excluding hydrogens is 136 g/mol. The zero-order valence-electron chi connectivity index (χ0n) is 6.90. The molecule has 0 aromatic rings. The average Bonchev–Trinajstić information content (AvgIpc) is 2.50. The molecule has 2 N–H and O–H groups in total. The van der Waals surface area contributed by atoms with Crippen LogP contribution in [0.1, 0.15) is 19.3 Å². The van der Waals surface area contributed by atoms with E-state index < -0.39 is 0 Å². The van der Waals surface area contributed by atoms with E-state index >= 15 is 0 Å². The van der Waals surface area contributed by atoms with E-state index in [1.54, 1.807) is 0 Å². The Labute approximate surface area is 68.8 Å². The standard InChI is InChI=1S/C9H16N2/c1-2-3-6-10-8-9-5-4-7-11-9/h1,9-11H,3-8H2. The predicted octanol–water partition coefficient (Wildman–Crippen LogP) is 0.351. The summed E-state index contributed by atoms with van der Waals surface area (Å²) in [5.74, 6) is 2.61. The summed E-state index contributed by atoms with van der Waals surface area (Å²) in [6.45, 7) is 3.21. The molecular formula is C9H16N2. The molecule has 1 rings (SSSR count). The molecule has 11 heavy (non-hydrogen) atoms. The van der Waals surface area contributed by atoms with Gasteiger partial charge in [0.15, 0.2) is 0 Å². The lowest BCUT2D eigenvalue weighted by Gasteiger charge is -2.09. The van der Waals surface area contributed by atoms with Crippen LogP contribution >= 0.6 is 0 Å². The molecule has 2 heteroatoms. The largest absolute Gasteiger partial charge is 0.314 e. The molecule has 1 atom stereocenters. The van der Waals surface area contributed by atoms with Gasteiger partial charge in [0, 0.05) is 25.6 Å². The Morgan fingerprint density at radius 2 is 2.55 bits per heavy atom. The second-order valence-corrected chi connectivity index (χ2v) is 2.95. The average molecular weight is 152 g/mol. The first-order valence-corrected chi connectivity index (χ1v) is 4.31. The summed E-state index contributed by atoms with van der Waals surface area (Å²) in [7, 11) is 0. The van der Waals surface area contributed by atoms with E-state index in [-0.39, 0.29) is 0 Å². The van der Waals surface area contributed by atoms with Gasteiger partial charge in [-0.25, -0.2) is 0 Å². The van der Waals surface area contributed by atoms with Gasteiger partial charge in [-0.3, -0.25) is 0 Å². The van der Waals surface area contributed by atoms with Crippen molar-refractivity contribution >= 4 is 0 Å². The minimum Gasteiger partial charge on any atom is -0.314 e. The maximum Gasteiger partial charge on any atom is 0.0211 e. The van der Waals surface area contributed by atoms with Crippen molar-refractivity contribution in [2.75, 3.05) is 19.6 Å². The molecule has 0 saturated carbocycles. The van der Waals surface area contributed by atoms with Gasteiger partial charge in [-0.2, -0.15) is 0 Å². The molecule has 0 bridgehead atoms. The second-order valence-electron chi connectivity index (χ2n) is 2.95. The topological polar surface area (TPSA) is 24.1 Å². The van der Waals surface area contributed by atoms with Crippen molar-refractivity contribution in [3.05, 3.63) is 0 Å². The van der Waals surface area contributed by atoms with Gasteiger partial charge in [-0.15, -0.1) is 12.3 Å². The Morgan fingerprint density at radius 1 is 1.64 bits per heavy atom. The highest BCUT2D eigenvalue weighted by Crippen LogP contribution is 2.02. The summed E-state index contributed by atoms with van der Waals surface area (Å²) in [4.78, 5) is 0. The summed E-state index contributed by atoms with van der Waals surface area (Å²) in [6.07, 6.45) is 8.59. The first-order valence-electron chi connectivity index (χ1n) is 4.31. The van der Waals surface area contributed by atoms with Gasteiger partial charge in [0.25, 0.3) is 0 Å². The van der Waals surface area contributed by atoms with Gasteiger partial charge in [0.1, 0.15) is 0 Å². The van der Waals surface area contributed by atoms with E-state index in [1.165, 1.54) is 19.4 Å². The van der Waals surface area contributed by atoms with Gasteiger partial charge >= 0.3 is 0 Å². The van der Waals surface area contributed by atoms with Crippen LogP contribution in [0.25, 0.3) is 0 Å². The molecule has 1 aliphatic heterocycles. The highest BCUT2D eigenvalue weighted by atomic mass is 15.0. The Kier molecular flexibility index (Phi) is 4.03. The van der Waals surface area contributed by atoms with Crippen molar-refractivity contribution in [1.82, 2.24) is 10.6 Å². The van der Waals surface area contributed by atoms with E-state index in [0.717, 1.165) is 19.5 Å². The van der Waals surface area contributed by atoms with Crippen LogP contribution in [0.4, 0.5) is 0 Å². The number of hydrogen-bond donors (Lipinski definition) is 2. The predicted molar refractivity (Wildman–Crippen MR) is 47.3 cm³/mol. The quantitative estimate of drug-likeness (QED) is 0.449. The molecule has 0 radical (unpaired) electrons. The van der Waals surface area contributed by atoms with E-state index in [9.17, 15) is 0 Å². The lowest BCUT2D eigenvalue weighted by molar-refractivity contribution is 0.541. The van der Waals surface area contributed by atoms with Gasteiger partial charge < -0.3 is 10.6 Å². The van der Waals surface area contributed by atoms with Crippen molar-refractivity contribution in [2.45, 2.75) is 25.3 Å². The van der Waals surface area contributed by atoms with E-state index in [4.69, 9.17) is 6.42 Å². The highest BCUT2D eigenvalue weighted by molar-refractivity contribution is 4.84. The fraction of sp³-hybridized carbons (Fsp3) is 0.778. The summed E-state index contributed by atoms with van der Waals surface area (Å²) < 4.78 is 0. The first-order chi connectivity index (χ1) is 5.43. The molecule has 0 aromatic carbocycles. The molecule has 62 valence electrons. The van der Waals surface area contributed by atoms with Crippen LogP contribution < -0.4 is 10.6 Å². The zero-order valence-corrected chi connectivity index (χ0v) is 6.90. The molecule has 1 heterocycles. The molecule has 1 fully saturated rings. The third-order valence-electron chi connectivity index (χ3n) is 2.00. The Balaban J connectivity index is 1.90. The van der Waals surface area contributed by atoms with Gasteiger partial charge in [0.05, 0.1) is 0 Å². The molecule has 1 saturated heterocycles. The van der Waals surface area contributed by atoms with Crippen LogP contribution in [-0.2, 0) is 0 Å². The van der Waals surface area contributed by atoms with Crippen LogP contribution in [0.2, 0.25) is 0 Å². The van der Waals surface area contributed by atoms with Crippen molar-refractivity contribution in [3.8, 4) is 12.3 Å². The van der Waals surface area contributed by atoms with Gasteiger partial charge in [-0.1, -0.05) is 0 Å². The molecule has 1 unspecified atom stereocenters. The number of terminal acetylenes is 1. The smallest absolute Gasteiger partial charge is 0.0211 e. The zero-order chi connectivity index (χ0) is 7.94. The van der Waals surface area contributed by atoms with Crippen LogP contribution in [0.3, 0.4) is 0 Å². The second kappa shape index (κ2) is 5.17. The molecule has 2 nitrogen and oxygen atoms in total. The normalized spacial score (nSPS) is 23.4. The minimum absolute atomic E-state index is 0.688. The van der Waals surface area contributed by atoms with Crippen molar-refractivity contribution in [2.24, 2.45) is 0 Å². The van der Waals surface area contributed by atoms with Crippen LogP contribution in [-0.4, -0.2) is 25.7 Å².